The third-order valence-electron chi connectivity index (χ3n) is 3.24. The fourth-order valence-corrected chi connectivity index (χ4v) is 2.35. The molecule has 0 radical (unpaired) electrons. The van der Waals surface area contributed by atoms with Gasteiger partial charge in [0.2, 0.25) is 6.41 Å². The summed E-state index contributed by atoms with van der Waals surface area (Å²) < 4.78 is 5.47. The van der Waals surface area contributed by atoms with E-state index >= 15 is 0 Å². The highest BCUT2D eigenvalue weighted by Gasteiger charge is 2.21. The minimum absolute atomic E-state index is 0.757. The lowest BCUT2D eigenvalue weighted by Crippen LogP contribution is -2.15. The number of carbonyl (C=O) groups is 1. The molecule has 3 rings (SSSR count). The molecule has 0 saturated heterocycles. The lowest BCUT2D eigenvalue weighted by atomic mass is 10.1. The molecule has 1 heterocycles. The standard InChI is InChI=1S/C16H13NO2/c1-19-16-10-12-6-2-4-8-14(12)17(11-18)15-9-5-3-7-13(15)16/h2-11H,1H3. The van der Waals surface area contributed by atoms with E-state index in [1.54, 1.807) is 12.0 Å². The van der Waals surface area contributed by atoms with Gasteiger partial charge in [-0.1, -0.05) is 30.3 Å². The van der Waals surface area contributed by atoms with Gasteiger partial charge in [0.15, 0.2) is 0 Å². The molecule has 0 bridgehead atoms. The third kappa shape index (κ3) is 1.80. The summed E-state index contributed by atoms with van der Waals surface area (Å²) in [7, 11) is 1.64. The Kier molecular flexibility index (Phi) is 2.80. The van der Waals surface area contributed by atoms with Crippen molar-refractivity contribution in [1.82, 2.24) is 0 Å². The van der Waals surface area contributed by atoms with E-state index in [4.69, 9.17) is 4.74 Å². The molecule has 94 valence electrons. The summed E-state index contributed by atoms with van der Waals surface area (Å²) in [5, 5.41) is 0. The lowest BCUT2D eigenvalue weighted by Gasteiger charge is -2.20. The van der Waals surface area contributed by atoms with E-state index in [2.05, 4.69) is 0 Å². The Hall–Kier alpha value is -2.55. The van der Waals surface area contributed by atoms with Crippen molar-refractivity contribution in [2.45, 2.75) is 0 Å². The molecular formula is C16H13NO2. The fourth-order valence-electron chi connectivity index (χ4n) is 2.35. The number of rotatable bonds is 2. The van der Waals surface area contributed by atoms with Gasteiger partial charge in [-0.25, -0.2) is 0 Å². The Morgan fingerprint density at radius 1 is 1.00 bits per heavy atom. The topological polar surface area (TPSA) is 29.5 Å². The van der Waals surface area contributed by atoms with Crippen LogP contribution in [-0.4, -0.2) is 13.5 Å². The van der Waals surface area contributed by atoms with E-state index in [0.29, 0.717) is 0 Å². The van der Waals surface area contributed by atoms with Gasteiger partial charge >= 0.3 is 0 Å². The van der Waals surface area contributed by atoms with E-state index in [-0.39, 0.29) is 0 Å². The van der Waals surface area contributed by atoms with Crippen molar-refractivity contribution in [3.8, 4) is 0 Å². The van der Waals surface area contributed by atoms with Gasteiger partial charge in [-0.3, -0.25) is 9.69 Å². The Balaban J connectivity index is 2.34. The van der Waals surface area contributed by atoms with Crippen molar-refractivity contribution < 1.29 is 9.53 Å². The van der Waals surface area contributed by atoms with Gasteiger partial charge in [0.25, 0.3) is 0 Å². The average Bonchev–Trinajstić information content (AvgIpc) is 2.61. The van der Waals surface area contributed by atoms with Gasteiger partial charge in [0, 0.05) is 11.1 Å². The highest BCUT2D eigenvalue weighted by Crippen LogP contribution is 2.38. The van der Waals surface area contributed by atoms with Gasteiger partial charge in [0.1, 0.15) is 5.76 Å². The number of para-hydroxylation sites is 2. The highest BCUT2D eigenvalue weighted by atomic mass is 16.5. The van der Waals surface area contributed by atoms with E-state index in [0.717, 1.165) is 34.7 Å². The monoisotopic (exact) mass is 251 g/mol. The minimum atomic E-state index is 0.757. The van der Waals surface area contributed by atoms with Crippen molar-refractivity contribution in [1.29, 1.82) is 0 Å². The molecule has 19 heavy (non-hydrogen) atoms. The number of hydrogen-bond acceptors (Lipinski definition) is 2. The lowest BCUT2D eigenvalue weighted by molar-refractivity contribution is -0.106. The molecule has 3 nitrogen and oxygen atoms in total. The zero-order valence-electron chi connectivity index (χ0n) is 10.5. The average molecular weight is 251 g/mol. The largest absolute Gasteiger partial charge is 0.496 e. The first-order valence-electron chi connectivity index (χ1n) is 6.04. The number of hydrogen-bond donors (Lipinski definition) is 0. The smallest absolute Gasteiger partial charge is 0.218 e. The zero-order chi connectivity index (χ0) is 13.2. The molecule has 2 aromatic carbocycles. The van der Waals surface area contributed by atoms with Crippen molar-refractivity contribution in [2.24, 2.45) is 0 Å². The predicted octanol–water partition coefficient (Wildman–Crippen LogP) is 3.44. The molecule has 0 atom stereocenters. The van der Waals surface area contributed by atoms with Crippen LogP contribution in [0.25, 0.3) is 11.8 Å². The van der Waals surface area contributed by atoms with Gasteiger partial charge in [0.05, 0.1) is 18.5 Å². The molecule has 0 fully saturated rings. The number of fused-ring (bicyclic) bond motifs is 2. The molecule has 0 aliphatic carbocycles. The van der Waals surface area contributed by atoms with E-state index < -0.39 is 0 Å². The maximum absolute atomic E-state index is 11.5. The summed E-state index contributed by atoms with van der Waals surface area (Å²) in [4.78, 5) is 13.1. The first kappa shape index (κ1) is 11.5. The molecule has 0 spiro atoms. The molecule has 3 heteroatoms. The number of carbonyl (C=O) groups excluding carboxylic acids is 1. The van der Waals surface area contributed by atoms with Crippen molar-refractivity contribution >= 4 is 29.6 Å². The number of methoxy groups -OCH3 is 1. The number of benzene rings is 2. The summed E-state index contributed by atoms with van der Waals surface area (Å²) in [6, 6.07) is 15.5. The molecular weight excluding hydrogens is 238 g/mol. The van der Waals surface area contributed by atoms with Crippen LogP contribution >= 0.6 is 0 Å². The maximum Gasteiger partial charge on any atom is 0.218 e. The van der Waals surface area contributed by atoms with Crippen LogP contribution in [0.1, 0.15) is 11.1 Å². The van der Waals surface area contributed by atoms with Gasteiger partial charge < -0.3 is 4.74 Å². The number of ether oxygens (including phenoxy) is 1. The summed E-state index contributed by atoms with van der Waals surface area (Å²) in [6.07, 6.45) is 2.79. The number of nitrogens with zero attached hydrogens (tertiary/aromatic N) is 1. The Morgan fingerprint density at radius 3 is 2.42 bits per heavy atom. The highest BCUT2D eigenvalue weighted by molar-refractivity contribution is 6.00. The molecule has 1 aliphatic heterocycles. The van der Waals surface area contributed by atoms with Crippen LogP contribution in [0, 0.1) is 0 Å². The summed E-state index contributed by atoms with van der Waals surface area (Å²) >= 11 is 0. The number of amides is 1. The van der Waals surface area contributed by atoms with E-state index in [9.17, 15) is 4.79 Å². The second-order valence-corrected chi connectivity index (χ2v) is 4.26. The SMILES string of the molecule is COC1=Cc2ccccc2N(C=O)c2ccccc21. The van der Waals surface area contributed by atoms with Crippen molar-refractivity contribution in [3.05, 3.63) is 59.7 Å². The molecule has 0 aromatic heterocycles. The first-order valence-corrected chi connectivity index (χ1v) is 6.04. The van der Waals surface area contributed by atoms with Crippen LogP contribution < -0.4 is 4.90 Å². The Bertz CT molecular complexity index is 661. The van der Waals surface area contributed by atoms with Crippen LogP contribution in [-0.2, 0) is 9.53 Å². The van der Waals surface area contributed by atoms with E-state index in [1.165, 1.54) is 0 Å². The van der Waals surface area contributed by atoms with Crippen molar-refractivity contribution in [2.75, 3.05) is 12.0 Å². The third-order valence-corrected chi connectivity index (χ3v) is 3.24. The molecule has 1 amide bonds. The van der Waals surface area contributed by atoms with E-state index in [1.807, 2.05) is 54.6 Å². The Labute approximate surface area is 111 Å². The predicted molar refractivity (Wildman–Crippen MR) is 76.0 cm³/mol. The van der Waals surface area contributed by atoms with Gasteiger partial charge in [-0.2, -0.15) is 0 Å². The molecule has 0 saturated carbocycles. The van der Waals surface area contributed by atoms with Crippen LogP contribution in [0.2, 0.25) is 0 Å². The molecule has 0 N–H and O–H groups in total. The van der Waals surface area contributed by atoms with Crippen LogP contribution in [0.15, 0.2) is 48.5 Å². The summed E-state index contributed by atoms with van der Waals surface area (Å²) in [5.41, 5.74) is 3.56. The summed E-state index contributed by atoms with van der Waals surface area (Å²) in [5.74, 6) is 0.757. The minimum Gasteiger partial charge on any atom is -0.496 e. The first-order chi connectivity index (χ1) is 9.35. The second kappa shape index (κ2) is 4.61. The normalized spacial score (nSPS) is 12.9. The molecule has 0 unspecified atom stereocenters. The van der Waals surface area contributed by atoms with Crippen molar-refractivity contribution in [3.63, 3.8) is 0 Å². The second-order valence-electron chi connectivity index (χ2n) is 4.26. The zero-order valence-corrected chi connectivity index (χ0v) is 10.5. The quantitative estimate of drug-likeness (QED) is 0.765. The molecule has 2 aromatic rings. The van der Waals surface area contributed by atoms with Gasteiger partial charge in [-0.15, -0.1) is 0 Å². The van der Waals surface area contributed by atoms with Crippen LogP contribution in [0.4, 0.5) is 11.4 Å². The summed E-state index contributed by atoms with van der Waals surface area (Å²) in [6.45, 7) is 0. The maximum atomic E-state index is 11.5. The number of anilines is 2. The Morgan fingerprint density at radius 2 is 1.68 bits per heavy atom. The molecule has 1 aliphatic rings. The fraction of sp³-hybridized carbons (Fsp3) is 0.0625. The van der Waals surface area contributed by atoms with Crippen LogP contribution in [0.5, 0.6) is 0 Å². The van der Waals surface area contributed by atoms with Gasteiger partial charge in [-0.05, 0) is 24.3 Å². The van der Waals surface area contributed by atoms with Crippen LogP contribution in [0.3, 0.4) is 0 Å².